The third-order valence-electron chi connectivity index (χ3n) is 3.43. The van der Waals surface area contributed by atoms with Gasteiger partial charge in [0.25, 0.3) is 5.91 Å². The van der Waals surface area contributed by atoms with Crippen LogP contribution in [-0.4, -0.2) is 16.0 Å². The molecule has 2 N–H and O–H groups in total. The topological polar surface area (TPSA) is 62.2 Å². The molecule has 1 aromatic heterocycles. The molecule has 4 nitrogen and oxygen atoms in total. The lowest BCUT2D eigenvalue weighted by Crippen LogP contribution is -2.22. The summed E-state index contributed by atoms with van der Waals surface area (Å²) in [4.78, 5) is 16.4. The molecule has 0 saturated carbocycles. The number of fused-ring (bicyclic) bond motifs is 1. The van der Waals surface area contributed by atoms with Gasteiger partial charge in [-0.1, -0.05) is 41.4 Å². The van der Waals surface area contributed by atoms with Crippen molar-refractivity contribution in [2.24, 2.45) is 0 Å². The second kappa shape index (κ2) is 6.44. The molecule has 0 unspecified atom stereocenters. The van der Waals surface area contributed by atoms with E-state index in [1.54, 1.807) is 42.6 Å². The Kier molecular flexibility index (Phi) is 4.37. The molecule has 1 heterocycles. The summed E-state index contributed by atoms with van der Waals surface area (Å²) in [5, 5.41) is 14.6. The number of phenols is 1. The van der Waals surface area contributed by atoms with E-state index in [4.69, 9.17) is 23.2 Å². The average molecular weight is 347 g/mol. The predicted octanol–water partition coefficient (Wildman–Crippen LogP) is 4.18. The standard InChI is InChI=1S/C17H12Cl2N2O2/c18-13-6-3-10(8-14(13)19)9-21-17(23)12-5-4-11-2-1-7-20-15(11)16(12)22/h1-8,22H,9H2,(H,21,23). The van der Waals surface area contributed by atoms with Gasteiger partial charge in [-0.15, -0.1) is 0 Å². The summed E-state index contributed by atoms with van der Waals surface area (Å²) in [7, 11) is 0. The van der Waals surface area contributed by atoms with Crippen LogP contribution in [0.5, 0.6) is 5.75 Å². The van der Waals surface area contributed by atoms with Crippen LogP contribution < -0.4 is 5.32 Å². The number of pyridine rings is 1. The number of phenolic OH excluding ortho intramolecular Hbond substituents is 1. The number of nitrogens with one attached hydrogen (secondary N) is 1. The average Bonchev–Trinajstić information content (AvgIpc) is 2.56. The lowest BCUT2D eigenvalue weighted by molar-refractivity contribution is 0.0948. The van der Waals surface area contributed by atoms with Crippen molar-refractivity contribution in [3.05, 3.63) is 69.8 Å². The van der Waals surface area contributed by atoms with Gasteiger partial charge >= 0.3 is 0 Å². The van der Waals surface area contributed by atoms with Gasteiger partial charge in [-0.3, -0.25) is 9.78 Å². The van der Waals surface area contributed by atoms with Gasteiger partial charge in [-0.05, 0) is 29.8 Å². The maximum absolute atomic E-state index is 12.3. The Morgan fingerprint density at radius 1 is 1.13 bits per heavy atom. The number of aromatic hydroxyl groups is 1. The first-order valence-corrected chi connectivity index (χ1v) is 7.60. The fraction of sp³-hybridized carbons (Fsp3) is 0.0588. The van der Waals surface area contributed by atoms with Gasteiger partial charge in [0.05, 0.1) is 15.6 Å². The van der Waals surface area contributed by atoms with Gasteiger partial charge in [-0.25, -0.2) is 0 Å². The largest absolute Gasteiger partial charge is 0.505 e. The molecule has 3 rings (SSSR count). The molecule has 0 spiro atoms. The van der Waals surface area contributed by atoms with E-state index in [1.165, 1.54) is 0 Å². The van der Waals surface area contributed by atoms with Gasteiger partial charge in [-0.2, -0.15) is 0 Å². The minimum absolute atomic E-state index is 0.130. The highest BCUT2D eigenvalue weighted by Crippen LogP contribution is 2.27. The number of hydrogen-bond acceptors (Lipinski definition) is 3. The van der Waals surface area contributed by atoms with Crippen molar-refractivity contribution < 1.29 is 9.90 Å². The minimum atomic E-state index is -0.388. The Labute approximate surface area is 142 Å². The molecule has 0 radical (unpaired) electrons. The summed E-state index contributed by atoms with van der Waals surface area (Å²) in [6, 6.07) is 12.0. The van der Waals surface area contributed by atoms with E-state index in [9.17, 15) is 9.90 Å². The zero-order valence-corrected chi connectivity index (χ0v) is 13.4. The number of rotatable bonds is 3. The van der Waals surface area contributed by atoms with Crippen LogP contribution in [0.4, 0.5) is 0 Å². The number of amides is 1. The maximum Gasteiger partial charge on any atom is 0.255 e. The Morgan fingerprint density at radius 3 is 2.74 bits per heavy atom. The molecule has 0 aliphatic heterocycles. The van der Waals surface area contributed by atoms with Crippen molar-refractivity contribution in [2.75, 3.05) is 0 Å². The highest BCUT2D eigenvalue weighted by molar-refractivity contribution is 6.42. The summed E-state index contributed by atoms with van der Waals surface area (Å²) in [6.45, 7) is 0.273. The lowest BCUT2D eigenvalue weighted by Gasteiger charge is -2.09. The molecule has 6 heteroatoms. The molecule has 3 aromatic rings. The van der Waals surface area contributed by atoms with Crippen LogP contribution in [0.3, 0.4) is 0 Å². The highest BCUT2D eigenvalue weighted by Gasteiger charge is 2.14. The van der Waals surface area contributed by atoms with E-state index in [1.807, 2.05) is 6.07 Å². The predicted molar refractivity (Wildman–Crippen MR) is 91.0 cm³/mol. The van der Waals surface area contributed by atoms with Crippen molar-refractivity contribution in [3.8, 4) is 5.75 Å². The zero-order chi connectivity index (χ0) is 16.4. The van der Waals surface area contributed by atoms with E-state index in [-0.39, 0.29) is 23.8 Å². The van der Waals surface area contributed by atoms with E-state index in [2.05, 4.69) is 10.3 Å². The fourth-order valence-corrected chi connectivity index (χ4v) is 2.56. The molecule has 2 aromatic carbocycles. The first kappa shape index (κ1) is 15.6. The monoisotopic (exact) mass is 346 g/mol. The first-order chi connectivity index (χ1) is 11.1. The van der Waals surface area contributed by atoms with E-state index in [0.717, 1.165) is 10.9 Å². The summed E-state index contributed by atoms with van der Waals surface area (Å²) < 4.78 is 0. The number of carbonyl (C=O) groups is 1. The van der Waals surface area contributed by atoms with Crippen LogP contribution >= 0.6 is 23.2 Å². The summed E-state index contributed by atoms with van der Waals surface area (Å²) in [5.74, 6) is -0.518. The van der Waals surface area contributed by atoms with Crippen LogP contribution in [0.15, 0.2) is 48.7 Å². The van der Waals surface area contributed by atoms with Crippen LogP contribution in [0.25, 0.3) is 10.9 Å². The van der Waals surface area contributed by atoms with Gasteiger partial charge in [0, 0.05) is 18.1 Å². The number of benzene rings is 2. The molecule has 23 heavy (non-hydrogen) atoms. The molecule has 0 aliphatic carbocycles. The number of hydrogen-bond donors (Lipinski definition) is 2. The number of carbonyl (C=O) groups excluding carboxylic acids is 1. The van der Waals surface area contributed by atoms with Gasteiger partial charge in [0.2, 0.25) is 0 Å². The third-order valence-corrected chi connectivity index (χ3v) is 4.17. The van der Waals surface area contributed by atoms with E-state index < -0.39 is 0 Å². The van der Waals surface area contributed by atoms with E-state index in [0.29, 0.717) is 15.6 Å². The number of halogens is 2. The molecule has 0 fully saturated rings. The van der Waals surface area contributed by atoms with Crippen molar-refractivity contribution in [1.29, 1.82) is 0 Å². The Bertz CT molecular complexity index is 897. The van der Waals surface area contributed by atoms with Gasteiger partial charge in [0.1, 0.15) is 5.52 Å². The fourth-order valence-electron chi connectivity index (χ4n) is 2.24. The minimum Gasteiger partial charge on any atom is -0.505 e. The summed E-state index contributed by atoms with van der Waals surface area (Å²) in [5.41, 5.74) is 1.39. The highest BCUT2D eigenvalue weighted by atomic mass is 35.5. The second-order valence-electron chi connectivity index (χ2n) is 4.97. The van der Waals surface area contributed by atoms with Crippen molar-refractivity contribution in [2.45, 2.75) is 6.54 Å². The quantitative estimate of drug-likeness (QED) is 0.747. The molecule has 1 amide bonds. The number of aromatic nitrogens is 1. The van der Waals surface area contributed by atoms with Gasteiger partial charge < -0.3 is 10.4 Å². The van der Waals surface area contributed by atoms with Crippen molar-refractivity contribution >= 4 is 40.0 Å². The van der Waals surface area contributed by atoms with Crippen LogP contribution in [0.2, 0.25) is 10.0 Å². The molecular weight excluding hydrogens is 335 g/mol. The summed E-state index contributed by atoms with van der Waals surface area (Å²) >= 11 is 11.8. The number of nitrogens with zero attached hydrogens (tertiary/aromatic N) is 1. The summed E-state index contributed by atoms with van der Waals surface area (Å²) in [6.07, 6.45) is 1.57. The molecule has 0 atom stereocenters. The molecular formula is C17H12Cl2N2O2. The van der Waals surface area contributed by atoms with Gasteiger partial charge in [0.15, 0.2) is 5.75 Å². The maximum atomic E-state index is 12.3. The lowest BCUT2D eigenvalue weighted by atomic mass is 10.1. The molecule has 0 bridgehead atoms. The second-order valence-corrected chi connectivity index (χ2v) is 5.78. The Balaban J connectivity index is 1.80. The zero-order valence-electron chi connectivity index (χ0n) is 11.9. The van der Waals surface area contributed by atoms with Crippen LogP contribution in [0, 0.1) is 0 Å². The normalized spacial score (nSPS) is 10.7. The van der Waals surface area contributed by atoms with Crippen molar-refractivity contribution in [3.63, 3.8) is 0 Å². The smallest absolute Gasteiger partial charge is 0.255 e. The SMILES string of the molecule is O=C(NCc1ccc(Cl)c(Cl)c1)c1ccc2cccnc2c1O. The molecule has 116 valence electrons. The molecule has 0 saturated heterocycles. The van der Waals surface area contributed by atoms with Crippen molar-refractivity contribution in [1.82, 2.24) is 10.3 Å². The Hall–Kier alpha value is -2.30. The van der Waals surface area contributed by atoms with Crippen LogP contribution in [-0.2, 0) is 6.54 Å². The van der Waals surface area contributed by atoms with Crippen LogP contribution in [0.1, 0.15) is 15.9 Å². The third kappa shape index (κ3) is 3.23. The Morgan fingerprint density at radius 2 is 1.96 bits per heavy atom. The first-order valence-electron chi connectivity index (χ1n) is 6.85. The van der Waals surface area contributed by atoms with E-state index >= 15 is 0 Å². The molecule has 0 aliphatic rings.